The number of rotatable bonds is 2. The van der Waals surface area contributed by atoms with Crippen LogP contribution in [0.2, 0.25) is 0 Å². The summed E-state index contributed by atoms with van der Waals surface area (Å²) in [5, 5.41) is 0. The summed E-state index contributed by atoms with van der Waals surface area (Å²) < 4.78 is 0. The summed E-state index contributed by atoms with van der Waals surface area (Å²) in [6.45, 7) is 4.02. The highest BCUT2D eigenvalue weighted by molar-refractivity contribution is 5.49. The van der Waals surface area contributed by atoms with Crippen LogP contribution in [0, 0.1) is 6.92 Å². The molecule has 4 N–H and O–H groups in total. The number of anilines is 1. The van der Waals surface area contributed by atoms with Gasteiger partial charge in [0.15, 0.2) is 0 Å². The summed E-state index contributed by atoms with van der Waals surface area (Å²) in [5.41, 5.74) is 14.7. The number of aryl methyl sites for hydroxylation is 1. The van der Waals surface area contributed by atoms with Crippen molar-refractivity contribution < 1.29 is 0 Å². The smallest absolute Gasteiger partial charge is 0.0349 e. The van der Waals surface area contributed by atoms with Gasteiger partial charge in [0.25, 0.3) is 0 Å². The molecular weight excluding hydrogens is 148 g/mol. The third-order valence-corrected chi connectivity index (χ3v) is 1.84. The fourth-order valence-corrected chi connectivity index (χ4v) is 1.25. The predicted octanol–water partition coefficient (Wildman–Crippen LogP) is 1.47. The molecule has 12 heavy (non-hydrogen) atoms. The van der Waals surface area contributed by atoms with Crippen molar-refractivity contribution in [2.75, 3.05) is 5.73 Å². The van der Waals surface area contributed by atoms with Crippen molar-refractivity contribution in [1.82, 2.24) is 0 Å². The minimum Gasteiger partial charge on any atom is -0.398 e. The summed E-state index contributed by atoms with van der Waals surface area (Å²) >= 11 is 0. The Morgan fingerprint density at radius 3 is 2.58 bits per heavy atom. The second-order valence-electron chi connectivity index (χ2n) is 3.38. The molecule has 0 heterocycles. The van der Waals surface area contributed by atoms with E-state index in [1.54, 1.807) is 0 Å². The average molecular weight is 164 g/mol. The van der Waals surface area contributed by atoms with Gasteiger partial charge in [-0.25, -0.2) is 0 Å². The molecule has 0 aromatic heterocycles. The monoisotopic (exact) mass is 164 g/mol. The predicted molar refractivity (Wildman–Crippen MR) is 52.9 cm³/mol. The van der Waals surface area contributed by atoms with Gasteiger partial charge in [-0.15, -0.1) is 0 Å². The first-order valence-corrected chi connectivity index (χ1v) is 4.20. The molecule has 2 nitrogen and oxygen atoms in total. The molecule has 1 aromatic rings. The lowest BCUT2D eigenvalue weighted by molar-refractivity contribution is 0.739. The number of benzene rings is 1. The van der Waals surface area contributed by atoms with Crippen LogP contribution in [0.15, 0.2) is 18.2 Å². The van der Waals surface area contributed by atoms with Crippen LogP contribution >= 0.6 is 0 Å². The Morgan fingerprint density at radius 1 is 1.42 bits per heavy atom. The zero-order chi connectivity index (χ0) is 9.14. The van der Waals surface area contributed by atoms with Gasteiger partial charge in [-0.2, -0.15) is 0 Å². The van der Waals surface area contributed by atoms with E-state index in [-0.39, 0.29) is 6.04 Å². The highest BCUT2D eigenvalue weighted by Gasteiger charge is 2.01. The molecule has 0 aliphatic heterocycles. The fraction of sp³-hybridized carbons (Fsp3) is 0.400. The van der Waals surface area contributed by atoms with Crippen LogP contribution < -0.4 is 11.5 Å². The van der Waals surface area contributed by atoms with Gasteiger partial charge in [-0.3, -0.25) is 0 Å². The van der Waals surface area contributed by atoms with E-state index in [0.717, 1.165) is 17.7 Å². The molecule has 0 amide bonds. The van der Waals surface area contributed by atoms with Crippen molar-refractivity contribution in [2.45, 2.75) is 26.3 Å². The summed E-state index contributed by atoms with van der Waals surface area (Å²) in [6.07, 6.45) is 0.853. The largest absolute Gasteiger partial charge is 0.398 e. The van der Waals surface area contributed by atoms with Crippen molar-refractivity contribution in [3.63, 3.8) is 0 Å². The third-order valence-electron chi connectivity index (χ3n) is 1.84. The van der Waals surface area contributed by atoms with Gasteiger partial charge < -0.3 is 11.5 Å². The van der Waals surface area contributed by atoms with Gasteiger partial charge in [-0.05, 0) is 37.5 Å². The van der Waals surface area contributed by atoms with E-state index in [4.69, 9.17) is 11.5 Å². The van der Waals surface area contributed by atoms with Crippen molar-refractivity contribution in [2.24, 2.45) is 5.73 Å². The highest BCUT2D eigenvalue weighted by atomic mass is 14.6. The molecule has 1 aromatic carbocycles. The van der Waals surface area contributed by atoms with Crippen LogP contribution in [-0.2, 0) is 6.42 Å². The third kappa shape index (κ3) is 2.24. The molecule has 0 aliphatic rings. The topological polar surface area (TPSA) is 52.0 Å². The first-order valence-electron chi connectivity index (χ1n) is 4.20. The van der Waals surface area contributed by atoms with Crippen LogP contribution in [0.5, 0.6) is 0 Å². The molecule has 1 atom stereocenters. The zero-order valence-electron chi connectivity index (χ0n) is 7.67. The molecule has 0 saturated carbocycles. The van der Waals surface area contributed by atoms with E-state index in [0.29, 0.717) is 0 Å². The summed E-state index contributed by atoms with van der Waals surface area (Å²) in [6, 6.07) is 6.27. The minimum atomic E-state index is 0.176. The Bertz CT molecular complexity index is 267. The van der Waals surface area contributed by atoms with E-state index in [9.17, 15) is 0 Å². The second kappa shape index (κ2) is 3.59. The molecule has 0 saturated heterocycles. The first kappa shape index (κ1) is 9.07. The van der Waals surface area contributed by atoms with Gasteiger partial charge in [0.1, 0.15) is 0 Å². The SMILES string of the molecule is Cc1ccc(C[C@@H](C)N)c(N)c1. The summed E-state index contributed by atoms with van der Waals surface area (Å²) in [7, 11) is 0. The maximum Gasteiger partial charge on any atom is 0.0349 e. The number of hydrogen-bond acceptors (Lipinski definition) is 2. The van der Waals surface area contributed by atoms with E-state index in [2.05, 4.69) is 6.07 Å². The second-order valence-corrected chi connectivity index (χ2v) is 3.38. The lowest BCUT2D eigenvalue weighted by Gasteiger charge is -2.08. The Morgan fingerprint density at radius 2 is 2.08 bits per heavy atom. The van der Waals surface area contributed by atoms with Crippen LogP contribution in [0.3, 0.4) is 0 Å². The maximum absolute atomic E-state index is 5.81. The average Bonchev–Trinajstić information content (AvgIpc) is 1.94. The van der Waals surface area contributed by atoms with Gasteiger partial charge in [0.2, 0.25) is 0 Å². The van der Waals surface area contributed by atoms with Crippen LogP contribution in [-0.4, -0.2) is 6.04 Å². The number of hydrogen-bond donors (Lipinski definition) is 2. The lowest BCUT2D eigenvalue weighted by Crippen LogP contribution is -2.18. The van der Waals surface area contributed by atoms with Crippen molar-refractivity contribution >= 4 is 5.69 Å². The van der Waals surface area contributed by atoms with E-state index < -0.39 is 0 Å². The Hall–Kier alpha value is -1.02. The van der Waals surface area contributed by atoms with Gasteiger partial charge >= 0.3 is 0 Å². The summed E-state index contributed by atoms with van der Waals surface area (Å²) in [5.74, 6) is 0. The van der Waals surface area contributed by atoms with Crippen LogP contribution in [0.4, 0.5) is 5.69 Å². The Balaban J connectivity index is 2.86. The highest BCUT2D eigenvalue weighted by Crippen LogP contribution is 2.14. The van der Waals surface area contributed by atoms with Crippen molar-refractivity contribution in [3.05, 3.63) is 29.3 Å². The Kier molecular flexibility index (Phi) is 2.71. The fourth-order valence-electron chi connectivity index (χ4n) is 1.25. The first-order chi connectivity index (χ1) is 5.59. The number of nitrogens with two attached hydrogens (primary N) is 2. The molecule has 0 aliphatic carbocycles. The van der Waals surface area contributed by atoms with Crippen LogP contribution in [0.1, 0.15) is 18.1 Å². The molecule has 0 spiro atoms. The van der Waals surface area contributed by atoms with E-state index >= 15 is 0 Å². The van der Waals surface area contributed by atoms with E-state index in [1.165, 1.54) is 5.56 Å². The molecular formula is C10H16N2. The molecule has 2 heteroatoms. The molecule has 0 unspecified atom stereocenters. The van der Waals surface area contributed by atoms with Gasteiger partial charge in [0, 0.05) is 11.7 Å². The lowest BCUT2D eigenvalue weighted by atomic mass is 10.0. The van der Waals surface area contributed by atoms with Crippen LogP contribution in [0.25, 0.3) is 0 Å². The molecule has 0 bridgehead atoms. The standard InChI is InChI=1S/C10H16N2/c1-7-3-4-9(6-8(2)11)10(12)5-7/h3-5,8H,6,11-12H2,1-2H3/t8-/m1/s1. The summed E-state index contributed by atoms with van der Waals surface area (Å²) in [4.78, 5) is 0. The normalized spacial score (nSPS) is 12.9. The molecule has 1 rings (SSSR count). The molecule has 0 fully saturated rings. The van der Waals surface area contributed by atoms with E-state index in [1.807, 2.05) is 26.0 Å². The van der Waals surface area contributed by atoms with Gasteiger partial charge in [-0.1, -0.05) is 12.1 Å². The van der Waals surface area contributed by atoms with Crippen molar-refractivity contribution in [3.8, 4) is 0 Å². The molecule has 0 radical (unpaired) electrons. The zero-order valence-corrected chi connectivity index (χ0v) is 7.67. The molecule has 66 valence electrons. The van der Waals surface area contributed by atoms with Crippen molar-refractivity contribution in [1.29, 1.82) is 0 Å². The quantitative estimate of drug-likeness (QED) is 0.650. The minimum absolute atomic E-state index is 0.176. The maximum atomic E-state index is 5.81. The van der Waals surface area contributed by atoms with Gasteiger partial charge in [0.05, 0.1) is 0 Å². The Labute approximate surface area is 73.6 Å². The number of nitrogen functional groups attached to an aromatic ring is 1.